The maximum absolute atomic E-state index is 5.60. The SMILES string of the molecule is CCCNc1cncc(NCCC2CCCO2)c1. The van der Waals surface area contributed by atoms with Crippen LogP contribution >= 0.6 is 0 Å². The smallest absolute Gasteiger partial charge is 0.0592 e. The summed E-state index contributed by atoms with van der Waals surface area (Å²) >= 11 is 0. The molecule has 1 aromatic heterocycles. The minimum Gasteiger partial charge on any atom is -0.384 e. The van der Waals surface area contributed by atoms with E-state index < -0.39 is 0 Å². The van der Waals surface area contributed by atoms with Crippen molar-refractivity contribution < 1.29 is 4.74 Å². The van der Waals surface area contributed by atoms with Crippen molar-refractivity contribution >= 4 is 11.4 Å². The predicted octanol–water partition coefficient (Wildman–Crippen LogP) is 2.88. The first kappa shape index (κ1) is 13.1. The van der Waals surface area contributed by atoms with Crippen molar-refractivity contribution in [3.05, 3.63) is 18.5 Å². The molecule has 1 aliphatic heterocycles. The summed E-state index contributed by atoms with van der Waals surface area (Å²) in [4.78, 5) is 4.23. The molecular formula is C14H23N3O. The minimum atomic E-state index is 0.451. The van der Waals surface area contributed by atoms with Crippen molar-refractivity contribution in [1.82, 2.24) is 4.98 Å². The Bertz CT molecular complexity index is 351. The van der Waals surface area contributed by atoms with Crippen molar-refractivity contribution in [1.29, 1.82) is 0 Å². The quantitative estimate of drug-likeness (QED) is 0.780. The summed E-state index contributed by atoms with van der Waals surface area (Å²) in [5.74, 6) is 0. The van der Waals surface area contributed by atoms with Gasteiger partial charge in [0, 0.05) is 19.7 Å². The number of pyridine rings is 1. The highest BCUT2D eigenvalue weighted by molar-refractivity contribution is 5.53. The predicted molar refractivity (Wildman–Crippen MR) is 75.1 cm³/mol. The summed E-state index contributed by atoms with van der Waals surface area (Å²) < 4.78 is 5.60. The lowest BCUT2D eigenvalue weighted by atomic mass is 10.2. The molecule has 0 aliphatic carbocycles. The zero-order chi connectivity index (χ0) is 12.6. The van der Waals surface area contributed by atoms with Gasteiger partial charge in [0.1, 0.15) is 0 Å². The Morgan fingerprint density at radius 3 is 2.72 bits per heavy atom. The summed E-state index contributed by atoms with van der Waals surface area (Å²) in [5, 5.41) is 6.74. The second-order valence-electron chi connectivity index (χ2n) is 4.74. The van der Waals surface area contributed by atoms with Crippen LogP contribution in [0.2, 0.25) is 0 Å². The summed E-state index contributed by atoms with van der Waals surface area (Å²) in [5.41, 5.74) is 2.16. The van der Waals surface area contributed by atoms with Crippen molar-refractivity contribution in [2.24, 2.45) is 0 Å². The van der Waals surface area contributed by atoms with Crippen LogP contribution < -0.4 is 10.6 Å². The molecule has 1 aliphatic rings. The molecule has 0 saturated carbocycles. The molecule has 0 spiro atoms. The summed E-state index contributed by atoms with van der Waals surface area (Å²) in [6, 6.07) is 2.11. The first-order valence-electron chi connectivity index (χ1n) is 6.93. The highest BCUT2D eigenvalue weighted by Crippen LogP contribution is 2.16. The van der Waals surface area contributed by atoms with E-state index in [0.717, 1.165) is 43.9 Å². The monoisotopic (exact) mass is 249 g/mol. The second-order valence-corrected chi connectivity index (χ2v) is 4.74. The van der Waals surface area contributed by atoms with Crippen LogP contribution in [0, 0.1) is 0 Å². The third-order valence-corrected chi connectivity index (χ3v) is 3.14. The van der Waals surface area contributed by atoms with Gasteiger partial charge in [0.2, 0.25) is 0 Å². The molecule has 1 fully saturated rings. The first-order valence-corrected chi connectivity index (χ1v) is 6.93. The van der Waals surface area contributed by atoms with Crippen LogP contribution in [-0.2, 0) is 4.74 Å². The third kappa shape index (κ3) is 4.18. The van der Waals surface area contributed by atoms with Crippen molar-refractivity contribution in [3.63, 3.8) is 0 Å². The molecule has 0 amide bonds. The van der Waals surface area contributed by atoms with Gasteiger partial charge in [-0.05, 0) is 31.7 Å². The number of rotatable bonds is 7. The first-order chi connectivity index (χ1) is 8.88. The molecule has 100 valence electrons. The summed E-state index contributed by atoms with van der Waals surface area (Å²) in [7, 11) is 0. The van der Waals surface area contributed by atoms with Crippen molar-refractivity contribution in [2.75, 3.05) is 30.3 Å². The lowest BCUT2D eigenvalue weighted by Crippen LogP contribution is -2.12. The highest BCUT2D eigenvalue weighted by Gasteiger charge is 2.14. The highest BCUT2D eigenvalue weighted by atomic mass is 16.5. The van der Waals surface area contributed by atoms with E-state index in [2.05, 4.69) is 28.6 Å². The van der Waals surface area contributed by atoms with E-state index in [-0.39, 0.29) is 0 Å². The molecule has 2 N–H and O–H groups in total. The molecule has 1 unspecified atom stereocenters. The van der Waals surface area contributed by atoms with E-state index in [1.165, 1.54) is 12.8 Å². The maximum atomic E-state index is 5.60. The van der Waals surface area contributed by atoms with Gasteiger partial charge in [0.15, 0.2) is 0 Å². The summed E-state index contributed by atoms with van der Waals surface area (Å²) in [6.45, 7) is 5.03. The Balaban J connectivity index is 1.74. The van der Waals surface area contributed by atoms with Gasteiger partial charge in [-0.3, -0.25) is 4.98 Å². The van der Waals surface area contributed by atoms with Crippen LogP contribution in [-0.4, -0.2) is 30.8 Å². The maximum Gasteiger partial charge on any atom is 0.0592 e. The van der Waals surface area contributed by atoms with E-state index in [1.54, 1.807) is 0 Å². The van der Waals surface area contributed by atoms with Gasteiger partial charge >= 0.3 is 0 Å². The lowest BCUT2D eigenvalue weighted by molar-refractivity contribution is 0.107. The Labute approximate surface area is 109 Å². The van der Waals surface area contributed by atoms with Gasteiger partial charge in [0.05, 0.1) is 29.9 Å². The van der Waals surface area contributed by atoms with Crippen LogP contribution in [0.25, 0.3) is 0 Å². The molecule has 0 aromatic carbocycles. The number of hydrogen-bond donors (Lipinski definition) is 2. The molecule has 4 nitrogen and oxygen atoms in total. The van der Waals surface area contributed by atoms with E-state index >= 15 is 0 Å². The van der Waals surface area contributed by atoms with Crippen LogP contribution in [0.4, 0.5) is 11.4 Å². The van der Waals surface area contributed by atoms with E-state index in [0.29, 0.717) is 6.10 Å². The fourth-order valence-electron chi connectivity index (χ4n) is 2.15. The van der Waals surface area contributed by atoms with Crippen LogP contribution in [0.3, 0.4) is 0 Å². The normalized spacial score (nSPS) is 18.8. The number of nitrogens with zero attached hydrogens (tertiary/aromatic N) is 1. The number of nitrogens with one attached hydrogen (secondary N) is 2. The molecule has 1 atom stereocenters. The van der Waals surface area contributed by atoms with Crippen LogP contribution in [0.5, 0.6) is 0 Å². The minimum absolute atomic E-state index is 0.451. The van der Waals surface area contributed by atoms with E-state index in [4.69, 9.17) is 4.74 Å². The van der Waals surface area contributed by atoms with Gasteiger partial charge in [-0.25, -0.2) is 0 Å². The molecule has 0 bridgehead atoms. The fourth-order valence-corrected chi connectivity index (χ4v) is 2.15. The molecule has 1 saturated heterocycles. The number of hydrogen-bond acceptors (Lipinski definition) is 4. The lowest BCUT2D eigenvalue weighted by Gasteiger charge is -2.12. The zero-order valence-corrected chi connectivity index (χ0v) is 11.1. The Kier molecular flexibility index (Phi) is 5.27. The molecular weight excluding hydrogens is 226 g/mol. The van der Waals surface area contributed by atoms with Gasteiger partial charge in [-0.1, -0.05) is 6.92 Å². The number of aromatic nitrogens is 1. The second kappa shape index (κ2) is 7.21. The molecule has 2 rings (SSSR count). The average Bonchev–Trinajstić information content (AvgIpc) is 2.90. The zero-order valence-electron chi connectivity index (χ0n) is 11.1. The van der Waals surface area contributed by atoms with E-state index in [1.807, 2.05) is 12.4 Å². The average molecular weight is 249 g/mol. The largest absolute Gasteiger partial charge is 0.384 e. The van der Waals surface area contributed by atoms with Crippen molar-refractivity contribution in [2.45, 2.75) is 38.7 Å². The number of anilines is 2. The molecule has 2 heterocycles. The molecule has 0 radical (unpaired) electrons. The molecule has 18 heavy (non-hydrogen) atoms. The topological polar surface area (TPSA) is 46.2 Å². The van der Waals surface area contributed by atoms with Gasteiger partial charge in [-0.15, -0.1) is 0 Å². The number of ether oxygens (including phenoxy) is 1. The van der Waals surface area contributed by atoms with Crippen LogP contribution in [0.15, 0.2) is 18.5 Å². The molecule has 1 aromatic rings. The summed E-state index contributed by atoms with van der Waals surface area (Å²) in [6.07, 6.45) is 8.80. The van der Waals surface area contributed by atoms with Crippen molar-refractivity contribution in [3.8, 4) is 0 Å². The Morgan fingerprint density at radius 2 is 2.06 bits per heavy atom. The third-order valence-electron chi connectivity index (χ3n) is 3.14. The standard InChI is InChI=1S/C14H23N3O/c1-2-6-16-12-9-13(11-15-10-12)17-7-5-14-4-3-8-18-14/h9-11,14,16-17H,2-8H2,1H3. The van der Waals surface area contributed by atoms with Gasteiger partial charge in [-0.2, -0.15) is 0 Å². The fraction of sp³-hybridized carbons (Fsp3) is 0.643. The Morgan fingerprint density at radius 1 is 1.28 bits per heavy atom. The van der Waals surface area contributed by atoms with Crippen LogP contribution in [0.1, 0.15) is 32.6 Å². The Hall–Kier alpha value is -1.29. The van der Waals surface area contributed by atoms with E-state index in [9.17, 15) is 0 Å². The molecule has 4 heteroatoms. The van der Waals surface area contributed by atoms with Gasteiger partial charge < -0.3 is 15.4 Å². The van der Waals surface area contributed by atoms with Gasteiger partial charge in [0.25, 0.3) is 0 Å².